The molecule has 0 saturated carbocycles. The van der Waals surface area contributed by atoms with Gasteiger partial charge < -0.3 is 14.5 Å². The number of nitrogens with zero attached hydrogens (tertiary/aromatic N) is 5. The summed E-state index contributed by atoms with van der Waals surface area (Å²) in [6.07, 6.45) is 5.98. The Hall–Kier alpha value is -6.56. The molecule has 1 fully saturated rings. The van der Waals surface area contributed by atoms with Crippen LogP contribution in [0.1, 0.15) is 108 Å². The number of hydrazine groups is 1. The second kappa shape index (κ2) is 14.2. The van der Waals surface area contributed by atoms with Crippen LogP contribution in [-0.4, -0.2) is 90.2 Å². The zero-order valence-corrected chi connectivity index (χ0v) is 31.9. The van der Waals surface area contributed by atoms with Gasteiger partial charge in [0.2, 0.25) is 0 Å². The summed E-state index contributed by atoms with van der Waals surface area (Å²) in [5, 5.41) is 2.85. The summed E-state index contributed by atoms with van der Waals surface area (Å²) in [6, 6.07) is 22.6. The molecule has 4 aliphatic heterocycles. The van der Waals surface area contributed by atoms with Crippen molar-refractivity contribution < 1.29 is 33.5 Å². The molecule has 0 spiro atoms. The number of hydrogen-bond acceptors (Lipinski definition) is 9. The van der Waals surface area contributed by atoms with Crippen molar-refractivity contribution in [2.75, 3.05) is 49.6 Å². The first-order valence-corrected chi connectivity index (χ1v) is 19.7. The molecule has 4 heterocycles. The summed E-state index contributed by atoms with van der Waals surface area (Å²) >= 11 is 0. The summed E-state index contributed by atoms with van der Waals surface area (Å²) in [5.74, 6) is -3.54. The Morgan fingerprint density at radius 2 is 0.965 bits per heavy atom. The largest absolute Gasteiger partial charge is 0.497 e. The van der Waals surface area contributed by atoms with Crippen LogP contribution >= 0.6 is 0 Å². The van der Waals surface area contributed by atoms with E-state index in [1.54, 1.807) is 25.3 Å². The lowest BCUT2D eigenvalue weighted by molar-refractivity contribution is 0.00212. The zero-order valence-electron chi connectivity index (χ0n) is 31.9. The smallest absolute Gasteiger partial charge is 0.281 e. The van der Waals surface area contributed by atoms with Crippen LogP contribution in [0.2, 0.25) is 0 Å². The minimum atomic E-state index is -0.894. The second-order valence-electron chi connectivity index (χ2n) is 15.0. The predicted molar refractivity (Wildman–Crippen MR) is 215 cm³/mol. The number of unbranched alkanes of at least 4 members (excludes halogenated alkanes) is 5. The summed E-state index contributed by atoms with van der Waals surface area (Å²) in [5.41, 5.74) is 2.86. The molecule has 288 valence electrons. The van der Waals surface area contributed by atoms with Crippen molar-refractivity contribution in [1.82, 2.24) is 14.9 Å². The fourth-order valence-corrected chi connectivity index (χ4v) is 8.87. The van der Waals surface area contributed by atoms with Gasteiger partial charge in [-0.2, -0.15) is 10.0 Å². The van der Waals surface area contributed by atoms with Gasteiger partial charge in [-0.1, -0.05) is 51.2 Å². The maximum absolute atomic E-state index is 14.4. The number of methoxy groups -OCH3 is 1. The molecule has 0 unspecified atom stereocenters. The quantitative estimate of drug-likeness (QED) is 0.102. The molecule has 12 heteroatoms. The lowest BCUT2D eigenvalue weighted by Gasteiger charge is -2.39. The van der Waals surface area contributed by atoms with Crippen LogP contribution < -0.4 is 14.5 Å². The normalized spacial score (nSPS) is 16.5. The molecule has 0 atom stereocenters. The lowest BCUT2D eigenvalue weighted by atomic mass is 9.86. The Bertz CT molecular complexity index is 2460. The van der Waals surface area contributed by atoms with E-state index in [1.807, 2.05) is 36.4 Å². The molecule has 4 aliphatic rings. The van der Waals surface area contributed by atoms with Gasteiger partial charge in [-0.05, 0) is 73.2 Å². The highest BCUT2D eigenvalue weighted by Crippen LogP contribution is 2.41. The number of carbonyl (C=O) groups excluding carboxylic acids is 6. The molecule has 5 aromatic rings. The van der Waals surface area contributed by atoms with Crippen molar-refractivity contribution >= 4 is 68.4 Å². The Morgan fingerprint density at radius 1 is 0.491 bits per heavy atom. The minimum Gasteiger partial charge on any atom is -0.497 e. The molecule has 0 aromatic heterocycles. The number of ether oxygens (including phenoxy) is 1. The molecule has 57 heavy (non-hydrogen) atoms. The Balaban J connectivity index is 0.995. The van der Waals surface area contributed by atoms with Crippen molar-refractivity contribution in [3.8, 4) is 5.75 Å². The van der Waals surface area contributed by atoms with Gasteiger partial charge in [-0.3, -0.25) is 33.7 Å². The Kier molecular flexibility index (Phi) is 8.98. The van der Waals surface area contributed by atoms with E-state index >= 15 is 0 Å². The van der Waals surface area contributed by atoms with E-state index in [-0.39, 0.29) is 50.7 Å². The molecule has 0 bridgehead atoms. The summed E-state index contributed by atoms with van der Waals surface area (Å²) < 4.78 is 5.30. The van der Waals surface area contributed by atoms with Gasteiger partial charge in [-0.15, -0.1) is 0 Å². The first kappa shape index (κ1) is 36.1. The Labute approximate surface area is 329 Å². The van der Waals surface area contributed by atoms with Crippen LogP contribution in [0.5, 0.6) is 5.75 Å². The van der Waals surface area contributed by atoms with Gasteiger partial charge in [0.25, 0.3) is 35.4 Å². The molecule has 6 amide bonds. The number of amides is 6. The number of hydrogen-bond donors (Lipinski definition) is 0. The number of benzene rings is 5. The second-order valence-corrected chi connectivity index (χ2v) is 15.0. The lowest BCUT2D eigenvalue weighted by Crippen LogP contribution is -2.58. The molecule has 9 rings (SSSR count). The van der Waals surface area contributed by atoms with Gasteiger partial charge in [-0.25, -0.2) is 0 Å². The van der Waals surface area contributed by atoms with Crippen molar-refractivity contribution in [2.24, 2.45) is 0 Å². The molecule has 12 nitrogen and oxygen atoms in total. The number of imide groups is 3. The molecule has 0 N–H and O–H groups in total. The first-order chi connectivity index (χ1) is 27.7. The van der Waals surface area contributed by atoms with E-state index < -0.39 is 35.4 Å². The number of rotatable bonds is 11. The molecule has 5 aromatic carbocycles. The predicted octanol–water partition coefficient (Wildman–Crippen LogP) is 7.09. The van der Waals surface area contributed by atoms with Gasteiger partial charge in [0.05, 0.1) is 29.4 Å². The van der Waals surface area contributed by atoms with E-state index in [1.165, 1.54) is 29.2 Å². The van der Waals surface area contributed by atoms with Crippen LogP contribution in [0.25, 0.3) is 21.5 Å². The van der Waals surface area contributed by atoms with E-state index in [4.69, 9.17) is 4.74 Å². The molecular weight excluding hydrogens is 723 g/mol. The maximum atomic E-state index is 14.4. The fraction of sp³-hybridized carbons (Fsp3) is 0.289. The summed E-state index contributed by atoms with van der Waals surface area (Å²) in [6.45, 7) is 5.35. The number of carbonyl (C=O) groups is 6. The van der Waals surface area contributed by atoms with Crippen LogP contribution in [0.4, 0.5) is 11.4 Å². The van der Waals surface area contributed by atoms with Gasteiger partial charge in [0.1, 0.15) is 5.75 Å². The minimum absolute atomic E-state index is 0.0175. The average Bonchev–Trinajstić information content (AvgIpc) is 3.24. The molecule has 0 aliphatic carbocycles. The van der Waals surface area contributed by atoms with Crippen molar-refractivity contribution in [3.63, 3.8) is 0 Å². The van der Waals surface area contributed by atoms with E-state index in [0.29, 0.717) is 34.9 Å². The van der Waals surface area contributed by atoms with E-state index in [0.717, 1.165) is 67.7 Å². The molecule has 1 saturated heterocycles. The fourth-order valence-electron chi connectivity index (χ4n) is 8.87. The highest BCUT2D eigenvalue weighted by atomic mass is 16.5. The van der Waals surface area contributed by atoms with Gasteiger partial charge in [0.15, 0.2) is 0 Å². The zero-order chi connectivity index (χ0) is 39.5. The Morgan fingerprint density at radius 3 is 1.53 bits per heavy atom. The molecular formula is C45H41N5O7. The van der Waals surface area contributed by atoms with Crippen LogP contribution in [-0.2, 0) is 0 Å². The monoisotopic (exact) mass is 763 g/mol. The van der Waals surface area contributed by atoms with Gasteiger partial charge >= 0.3 is 0 Å². The third-order valence-electron chi connectivity index (χ3n) is 11.8. The van der Waals surface area contributed by atoms with Crippen molar-refractivity contribution in [1.29, 1.82) is 0 Å². The van der Waals surface area contributed by atoms with Gasteiger partial charge in [0, 0.05) is 76.8 Å². The summed E-state index contributed by atoms with van der Waals surface area (Å²) in [4.78, 5) is 90.6. The number of piperazine rings is 1. The van der Waals surface area contributed by atoms with Crippen LogP contribution in [0, 0.1) is 0 Å². The number of anilines is 2. The maximum Gasteiger partial charge on any atom is 0.281 e. The third kappa shape index (κ3) is 5.64. The van der Waals surface area contributed by atoms with Crippen molar-refractivity contribution in [3.05, 3.63) is 112 Å². The van der Waals surface area contributed by atoms with E-state index in [2.05, 4.69) is 16.7 Å². The topological polar surface area (TPSA) is 128 Å². The van der Waals surface area contributed by atoms with Crippen LogP contribution in [0.3, 0.4) is 0 Å². The average molecular weight is 764 g/mol. The van der Waals surface area contributed by atoms with E-state index in [9.17, 15) is 28.8 Å². The highest BCUT2D eigenvalue weighted by molar-refractivity contribution is 6.35. The van der Waals surface area contributed by atoms with Crippen molar-refractivity contribution in [2.45, 2.75) is 45.4 Å². The van der Waals surface area contributed by atoms with Crippen LogP contribution in [0.15, 0.2) is 78.9 Å². The third-order valence-corrected chi connectivity index (χ3v) is 11.8. The standard InChI is InChI=1S/C45H41N5O7/c1-3-4-5-6-7-8-22-48-40(51)32-16-18-34-39-35(19-17-33(38(32)39)41(48)52)45(56)50(44(34)55)49-42(53)30-11-9-10-29-36(21-20-31(37(29)30)43(49)54)47-25-23-46(24-26-47)27-12-14-28(57-2)15-13-27/h9-21H,3-8,22-26H2,1-2H3. The first-order valence-electron chi connectivity index (χ1n) is 19.7. The SMILES string of the molecule is CCCCCCCCN1C(=O)c2ccc3c4c(ccc(c24)C1=O)C(=O)N(N1C(=O)c2cccc4c(N5CCN(c6ccc(OC)cc6)CC5)ccc(c24)C1=O)C3=O. The highest BCUT2D eigenvalue weighted by Gasteiger charge is 2.47. The molecule has 0 radical (unpaired) electrons. The summed E-state index contributed by atoms with van der Waals surface area (Å²) in [7, 11) is 1.64.